The summed E-state index contributed by atoms with van der Waals surface area (Å²) in [6.45, 7) is 1.59. The molecular formula is C25H20N8S. The van der Waals surface area contributed by atoms with E-state index in [4.69, 9.17) is 15.7 Å². The highest BCUT2D eigenvalue weighted by molar-refractivity contribution is 7.08. The summed E-state index contributed by atoms with van der Waals surface area (Å²) in [6.07, 6.45) is 3.51. The molecule has 5 aromatic heterocycles. The maximum Gasteiger partial charge on any atom is 0.147 e. The highest BCUT2D eigenvalue weighted by Crippen LogP contribution is 2.34. The number of nitrogens with zero attached hydrogens (tertiary/aromatic N) is 5. The van der Waals surface area contributed by atoms with Crippen molar-refractivity contribution in [3.05, 3.63) is 65.6 Å². The normalized spacial score (nSPS) is 14.2. The molecule has 34 heavy (non-hydrogen) atoms. The van der Waals surface area contributed by atoms with Crippen molar-refractivity contribution >= 4 is 39.1 Å². The Morgan fingerprint density at radius 3 is 2.79 bits per heavy atom. The summed E-state index contributed by atoms with van der Waals surface area (Å²) in [6, 6.07) is 14.7. The molecule has 7 rings (SSSR count). The van der Waals surface area contributed by atoms with E-state index in [1.807, 2.05) is 12.1 Å². The molecule has 0 bridgehead atoms. The largest absolute Gasteiger partial charge is 0.353 e. The second kappa shape index (κ2) is 7.47. The van der Waals surface area contributed by atoms with Crippen LogP contribution in [-0.2, 0) is 0 Å². The molecule has 1 aliphatic heterocycles. The van der Waals surface area contributed by atoms with Crippen molar-refractivity contribution in [3.8, 4) is 33.9 Å². The Hall–Kier alpha value is -4.08. The lowest BCUT2D eigenvalue weighted by molar-refractivity contribution is 0.514. The summed E-state index contributed by atoms with van der Waals surface area (Å²) in [5, 5.41) is 13.1. The smallest absolute Gasteiger partial charge is 0.147 e. The molecule has 4 N–H and O–H groups in total. The number of thiophene rings is 1. The second-order valence-corrected chi connectivity index (χ2v) is 9.33. The van der Waals surface area contributed by atoms with Gasteiger partial charge in [0.25, 0.3) is 0 Å². The lowest BCUT2D eigenvalue weighted by atomic mass is 10.0. The summed E-state index contributed by atoms with van der Waals surface area (Å²) >= 11 is 1.70. The first-order valence-corrected chi connectivity index (χ1v) is 12.0. The Balaban J connectivity index is 1.31. The lowest BCUT2D eigenvalue weighted by Gasteiger charge is -2.37. The summed E-state index contributed by atoms with van der Waals surface area (Å²) in [4.78, 5) is 19.7. The van der Waals surface area contributed by atoms with Crippen LogP contribution in [0, 0.1) is 0 Å². The predicted molar refractivity (Wildman–Crippen MR) is 136 cm³/mol. The average Bonchev–Trinajstić information content (AvgIpc) is 3.60. The first kappa shape index (κ1) is 19.4. The highest BCUT2D eigenvalue weighted by atomic mass is 32.1. The van der Waals surface area contributed by atoms with Crippen LogP contribution in [0.5, 0.6) is 0 Å². The average molecular weight is 465 g/mol. The molecule has 1 aliphatic rings. The SMILES string of the molecule is NC1CN(c2cncc(-c3ccc4[nH]nc(-c5cc6c(-c7ccsc7)cccc6[nH]5)c4n3)n2)C1. The lowest BCUT2D eigenvalue weighted by Crippen LogP contribution is -2.56. The van der Waals surface area contributed by atoms with Crippen molar-refractivity contribution in [3.63, 3.8) is 0 Å². The summed E-state index contributed by atoms with van der Waals surface area (Å²) in [7, 11) is 0. The van der Waals surface area contributed by atoms with Crippen LogP contribution in [0.1, 0.15) is 0 Å². The van der Waals surface area contributed by atoms with Gasteiger partial charge in [0, 0.05) is 30.0 Å². The molecule has 1 aromatic carbocycles. The number of nitrogens with two attached hydrogens (primary N) is 1. The fourth-order valence-corrected chi connectivity index (χ4v) is 5.17. The molecule has 166 valence electrons. The van der Waals surface area contributed by atoms with Gasteiger partial charge < -0.3 is 15.6 Å². The van der Waals surface area contributed by atoms with E-state index < -0.39 is 0 Å². The monoisotopic (exact) mass is 464 g/mol. The first-order valence-electron chi connectivity index (χ1n) is 11.1. The number of hydrogen-bond acceptors (Lipinski definition) is 7. The predicted octanol–water partition coefficient (Wildman–Crippen LogP) is 4.44. The Kier molecular flexibility index (Phi) is 4.26. The maximum atomic E-state index is 5.93. The molecule has 1 saturated heterocycles. The van der Waals surface area contributed by atoms with Gasteiger partial charge in [0.2, 0.25) is 0 Å². The minimum Gasteiger partial charge on any atom is -0.353 e. The quantitative estimate of drug-likeness (QED) is 0.356. The zero-order chi connectivity index (χ0) is 22.6. The Morgan fingerprint density at radius 1 is 1.00 bits per heavy atom. The van der Waals surface area contributed by atoms with Gasteiger partial charge in [0.05, 0.1) is 29.3 Å². The number of H-pyrrole nitrogens is 2. The van der Waals surface area contributed by atoms with Gasteiger partial charge in [-0.2, -0.15) is 16.4 Å². The van der Waals surface area contributed by atoms with Gasteiger partial charge in [-0.25, -0.2) is 9.97 Å². The van der Waals surface area contributed by atoms with Crippen molar-refractivity contribution < 1.29 is 0 Å². The molecule has 8 nitrogen and oxygen atoms in total. The fourth-order valence-electron chi connectivity index (χ4n) is 4.51. The van der Waals surface area contributed by atoms with Gasteiger partial charge in [-0.05, 0) is 52.2 Å². The van der Waals surface area contributed by atoms with Crippen LogP contribution in [0.2, 0.25) is 0 Å². The van der Waals surface area contributed by atoms with Gasteiger partial charge in [-0.1, -0.05) is 12.1 Å². The number of rotatable bonds is 4. The number of hydrogen-bond donors (Lipinski definition) is 3. The minimum absolute atomic E-state index is 0.199. The summed E-state index contributed by atoms with van der Waals surface area (Å²) in [5.41, 5.74) is 14.3. The van der Waals surface area contributed by atoms with Crippen molar-refractivity contribution in [1.82, 2.24) is 30.1 Å². The van der Waals surface area contributed by atoms with E-state index in [0.29, 0.717) is 0 Å². The molecule has 6 aromatic rings. The van der Waals surface area contributed by atoms with Crippen LogP contribution < -0.4 is 10.6 Å². The number of anilines is 1. The first-order chi connectivity index (χ1) is 16.7. The standard InChI is InChI=1S/C25H20N8S/c26-15-11-33(12-15)23-10-27-9-22(29-23)19-4-5-20-24(30-19)25(32-31-20)21-8-17-16(14-6-7-34-13-14)2-1-3-18(17)28-21/h1-10,13,15,28H,11-12,26H2,(H,31,32). The van der Waals surface area contributed by atoms with Crippen molar-refractivity contribution in [2.45, 2.75) is 6.04 Å². The van der Waals surface area contributed by atoms with Gasteiger partial charge in [-0.3, -0.25) is 10.1 Å². The molecule has 0 amide bonds. The van der Waals surface area contributed by atoms with E-state index in [0.717, 1.165) is 63.6 Å². The molecule has 9 heteroatoms. The van der Waals surface area contributed by atoms with Crippen LogP contribution >= 0.6 is 11.3 Å². The molecule has 0 radical (unpaired) electrons. The van der Waals surface area contributed by atoms with E-state index in [2.05, 4.69) is 66.2 Å². The zero-order valence-electron chi connectivity index (χ0n) is 18.1. The molecule has 0 unspecified atom stereocenters. The third-order valence-electron chi connectivity index (χ3n) is 6.28. The Labute approximate surface area is 198 Å². The van der Waals surface area contributed by atoms with Crippen LogP contribution in [0.4, 0.5) is 5.82 Å². The minimum atomic E-state index is 0.199. The molecule has 6 heterocycles. The molecule has 0 aliphatic carbocycles. The van der Waals surface area contributed by atoms with Crippen molar-refractivity contribution in [1.29, 1.82) is 0 Å². The van der Waals surface area contributed by atoms with E-state index in [1.165, 1.54) is 11.1 Å². The molecule has 0 atom stereocenters. The molecule has 0 saturated carbocycles. The van der Waals surface area contributed by atoms with Gasteiger partial charge in [-0.15, -0.1) is 0 Å². The Bertz CT molecular complexity index is 1640. The number of benzene rings is 1. The third-order valence-corrected chi connectivity index (χ3v) is 6.96. The Morgan fingerprint density at radius 2 is 1.94 bits per heavy atom. The van der Waals surface area contributed by atoms with Crippen LogP contribution in [0.15, 0.2) is 65.6 Å². The number of aromatic nitrogens is 6. The molecule has 0 spiro atoms. The van der Waals surface area contributed by atoms with Gasteiger partial charge >= 0.3 is 0 Å². The number of pyridine rings is 1. The molecule has 1 fully saturated rings. The van der Waals surface area contributed by atoms with Gasteiger partial charge in [0.15, 0.2) is 0 Å². The highest BCUT2D eigenvalue weighted by Gasteiger charge is 2.25. The second-order valence-electron chi connectivity index (χ2n) is 8.55. The van der Waals surface area contributed by atoms with E-state index >= 15 is 0 Å². The summed E-state index contributed by atoms with van der Waals surface area (Å²) in [5.74, 6) is 0.824. The van der Waals surface area contributed by atoms with Gasteiger partial charge in [0.1, 0.15) is 22.7 Å². The van der Waals surface area contributed by atoms with Crippen LogP contribution in [0.3, 0.4) is 0 Å². The zero-order valence-corrected chi connectivity index (χ0v) is 18.9. The molecular weight excluding hydrogens is 444 g/mol. The fraction of sp³-hybridized carbons (Fsp3) is 0.120. The van der Waals surface area contributed by atoms with E-state index in [1.54, 1.807) is 23.7 Å². The van der Waals surface area contributed by atoms with Crippen LogP contribution in [-0.4, -0.2) is 49.3 Å². The van der Waals surface area contributed by atoms with Crippen molar-refractivity contribution in [2.24, 2.45) is 5.73 Å². The van der Waals surface area contributed by atoms with E-state index in [9.17, 15) is 0 Å². The maximum absolute atomic E-state index is 5.93. The number of fused-ring (bicyclic) bond motifs is 2. The topological polar surface area (TPSA) is 112 Å². The van der Waals surface area contributed by atoms with E-state index in [-0.39, 0.29) is 6.04 Å². The number of nitrogens with one attached hydrogen (secondary N) is 2. The van der Waals surface area contributed by atoms with Crippen LogP contribution in [0.25, 0.3) is 55.8 Å². The number of aromatic amines is 2. The van der Waals surface area contributed by atoms with Crippen molar-refractivity contribution in [2.75, 3.05) is 18.0 Å². The summed E-state index contributed by atoms with van der Waals surface area (Å²) < 4.78 is 0. The third kappa shape index (κ3) is 3.09.